The average molecular weight is 211 g/mol. The van der Waals surface area contributed by atoms with Gasteiger partial charge in [-0.3, -0.25) is 9.69 Å². The van der Waals surface area contributed by atoms with Crippen molar-refractivity contribution in [2.24, 2.45) is 0 Å². The van der Waals surface area contributed by atoms with E-state index in [0.29, 0.717) is 17.9 Å². The first-order valence-electron chi connectivity index (χ1n) is 6.09. The molecule has 3 heteroatoms. The monoisotopic (exact) mass is 211 g/mol. The maximum absolute atomic E-state index is 11.2. The van der Waals surface area contributed by atoms with Crippen LogP contribution >= 0.6 is 0 Å². The molecule has 1 aliphatic carbocycles. The van der Waals surface area contributed by atoms with Crippen LogP contribution in [0.3, 0.4) is 0 Å². The summed E-state index contributed by atoms with van der Waals surface area (Å²) in [4.78, 5) is 13.6. The predicted octanol–water partition coefficient (Wildman–Crippen LogP) is 1.61. The molecule has 1 atom stereocenters. The zero-order chi connectivity index (χ0) is 10.7. The Kier molecular flexibility index (Phi) is 3.76. The van der Waals surface area contributed by atoms with Crippen LogP contribution in [0.25, 0.3) is 0 Å². The van der Waals surface area contributed by atoms with Crippen molar-refractivity contribution >= 4 is 5.78 Å². The third-order valence-corrected chi connectivity index (χ3v) is 3.80. The molecule has 0 aromatic rings. The first-order chi connectivity index (χ1) is 7.27. The first-order valence-corrected chi connectivity index (χ1v) is 6.09. The quantitative estimate of drug-likeness (QED) is 0.695. The Morgan fingerprint density at radius 3 is 2.53 bits per heavy atom. The smallest absolute Gasteiger partial charge is 0.133 e. The normalized spacial score (nSPS) is 29.7. The number of carbonyl (C=O) groups is 1. The van der Waals surface area contributed by atoms with Crippen LogP contribution in [0.4, 0.5) is 0 Å². The molecular formula is C12H21NO2. The average Bonchev–Trinajstić information content (AvgIpc) is 2.30. The summed E-state index contributed by atoms with van der Waals surface area (Å²) in [5.74, 6) is 0.444. The van der Waals surface area contributed by atoms with Gasteiger partial charge in [0.2, 0.25) is 0 Å². The summed E-state index contributed by atoms with van der Waals surface area (Å²) < 4.78 is 5.51. The zero-order valence-corrected chi connectivity index (χ0v) is 9.58. The van der Waals surface area contributed by atoms with Crippen molar-refractivity contribution in [1.82, 2.24) is 4.90 Å². The molecule has 0 aromatic heterocycles. The van der Waals surface area contributed by atoms with E-state index in [1.807, 2.05) is 0 Å². The van der Waals surface area contributed by atoms with Gasteiger partial charge in [0.05, 0.1) is 6.61 Å². The van der Waals surface area contributed by atoms with Crippen molar-refractivity contribution in [2.75, 3.05) is 20.3 Å². The Morgan fingerprint density at radius 2 is 1.93 bits per heavy atom. The second-order valence-corrected chi connectivity index (χ2v) is 4.81. The number of hydrogen-bond acceptors (Lipinski definition) is 3. The van der Waals surface area contributed by atoms with Crippen LogP contribution in [0.2, 0.25) is 0 Å². The van der Waals surface area contributed by atoms with Gasteiger partial charge in [0.15, 0.2) is 0 Å². The molecule has 2 rings (SSSR count). The van der Waals surface area contributed by atoms with Crippen molar-refractivity contribution in [3.8, 4) is 0 Å². The molecule has 0 spiro atoms. The highest BCUT2D eigenvalue weighted by molar-refractivity contribution is 5.79. The molecule has 3 nitrogen and oxygen atoms in total. The lowest BCUT2D eigenvalue weighted by molar-refractivity contribution is -0.121. The molecule has 0 N–H and O–H groups in total. The van der Waals surface area contributed by atoms with Gasteiger partial charge in [-0.15, -0.1) is 0 Å². The highest BCUT2D eigenvalue weighted by atomic mass is 16.5. The summed E-state index contributed by atoms with van der Waals surface area (Å²) in [7, 11) is 2.19. The van der Waals surface area contributed by atoms with Crippen molar-refractivity contribution in [3.63, 3.8) is 0 Å². The summed E-state index contributed by atoms with van der Waals surface area (Å²) in [5.41, 5.74) is 0. The van der Waals surface area contributed by atoms with E-state index < -0.39 is 0 Å². The molecule has 1 saturated heterocycles. The fourth-order valence-corrected chi connectivity index (χ4v) is 2.67. The molecule has 15 heavy (non-hydrogen) atoms. The minimum Gasteiger partial charge on any atom is -0.380 e. The van der Waals surface area contributed by atoms with Crippen LogP contribution in [0.15, 0.2) is 0 Å². The SMILES string of the molecule is CN(C1CCC(=O)CC1)C1CCCOC1. The number of nitrogens with zero attached hydrogens (tertiary/aromatic N) is 1. The number of likely N-dealkylation sites (N-methyl/N-ethyl adjacent to an activating group) is 1. The number of ketones is 1. The van der Waals surface area contributed by atoms with Gasteiger partial charge < -0.3 is 4.74 Å². The predicted molar refractivity (Wildman–Crippen MR) is 58.9 cm³/mol. The topological polar surface area (TPSA) is 29.5 Å². The molecule has 1 heterocycles. The molecular weight excluding hydrogens is 190 g/mol. The van der Waals surface area contributed by atoms with Crippen LogP contribution in [0.1, 0.15) is 38.5 Å². The van der Waals surface area contributed by atoms with Gasteiger partial charge >= 0.3 is 0 Å². The Labute approximate surface area is 91.8 Å². The molecule has 0 aromatic carbocycles. The van der Waals surface area contributed by atoms with Crippen LogP contribution < -0.4 is 0 Å². The molecule has 0 radical (unpaired) electrons. The van der Waals surface area contributed by atoms with Gasteiger partial charge in [0.25, 0.3) is 0 Å². The van der Waals surface area contributed by atoms with Gasteiger partial charge in [-0.25, -0.2) is 0 Å². The molecule has 1 aliphatic heterocycles. The van der Waals surface area contributed by atoms with Gasteiger partial charge in [0, 0.05) is 31.5 Å². The molecule has 2 aliphatic rings. The maximum atomic E-state index is 11.2. The van der Waals surface area contributed by atoms with Gasteiger partial charge in [-0.05, 0) is 32.7 Å². The summed E-state index contributed by atoms with van der Waals surface area (Å²) in [6.07, 6.45) is 6.09. The Hall–Kier alpha value is -0.410. The Balaban J connectivity index is 1.83. The largest absolute Gasteiger partial charge is 0.380 e. The van der Waals surface area contributed by atoms with Crippen molar-refractivity contribution in [3.05, 3.63) is 0 Å². The Bertz CT molecular complexity index is 214. The van der Waals surface area contributed by atoms with Crippen LogP contribution in [0, 0.1) is 0 Å². The van der Waals surface area contributed by atoms with E-state index in [1.54, 1.807) is 0 Å². The number of rotatable bonds is 2. The molecule has 1 saturated carbocycles. The van der Waals surface area contributed by atoms with Crippen molar-refractivity contribution in [2.45, 2.75) is 50.6 Å². The van der Waals surface area contributed by atoms with E-state index >= 15 is 0 Å². The van der Waals surface area contributed by atoms with Crippen molar-refractivity contribution < 1.29 is 9.53 Å². The molecule has 0 bridgehead atoms. The maximum Gasteiger partial charge on any atom is 0.133 e. The van der Waals surface area contributed by atoms with E-state index in [4.69, 9.17) is 4.74 Å². The van der Waals surface area contributed by atoms with Crippen LogP contribution in [-0.4, -0.2) is 43.0 Å². The van der Waals surface area contributed by atoms with E-state index in [9.17, 15) is 4.79 Å². The van der Waals surface area contributed by atoms with Crippen LogP contribution in [-0.2, 0) is 9.53 Å². The lowest BCUT2D eigenvalue weighted by Crippen LogP contribution is -2.46. The lowest BCUT2D eigenvalue weighted by atomic mass is 9.92. The highest BCUT2D eigenvalue weighted by Crippen LogP contribution is 2.23. The number of carbonyl (C=O) groups excluding carboxylic acids is 1. The van der Waals surface area contributed by atoms with E-state index in [0.717, 1.165) is 38.9 Å². The summed E-state index contributed by atoms with van der Waals surface area (Å²) in [6.45, 7) is 1.80. The number of ether oxygens (including phenoxy) is 1. The van der Waals surface area contributed by atoms with E-state index in [-0.39, 0.29) is 0 Å². The van der Waals surface area contributed by atoms with E-state index in [1.165, 1.54) is 12.8 Å². The standard InChI is InChI=1S/C12H21NO2/c1-13(11-3-2-8-15-9-11)10-4-6-12(14)7-5-10/h10-11H,2-9H2,1H3. The Morgan fingerprint density at radius 1 is 1.20 bits per heavy atom. The second-order valence-electron chi connectivity index (χ2n) is 4.81. The number of hydrogen-bond donors (Lipinski definition) is 0. The number of Topliss-reactive ketones (excluding diaryl/α,β-unsaturated/α-hetero) is 1. The first kappa shape index (κ1) is 11.1. The summed E-state index contributed by atoms with van der Waals surface area (Å²) in [5, 5.41) is 0. The molecule has 1 unspecified atom stereocenters. The van der Waals surface area contributed by atoms with Gasteiger partial charge in [-0.2, -0.15) is 0 Å². The minimum absolute atomic E-state index is 0.444. The third-order valence-electron chi connectivity index (χ3n) is 3.80. The minimum atomic E-state index is 0.444. The second kappa shape index (κ2) is 5.08. The van der Waals surface area contributed by atoms with Gasteiger partial charge in [-0.1, -0.05) is 0 Å². The highest BCUT2D eigenvalue weighted by Gasteiger charge is 2.27. The molecule has 86 valence electrons. The fraction of sp³-hybridized carbons (Fsp3) is 0.917. The zero-order valence-electron chi connectivity index (χ0n) is 9.58. The molecule has 2 fully saturated rings. The van der Waals surface area contributed by atoms with Gasteiger partial charge in [0.1, 0.15) is 5.78 Å². The fourth-order valence-electron chi connectivity index (χ4n) is 2.67. The third kappa shape index (κ3) is 2.79. The van der Waals surface area contributed by atoms with E-state index in [2.05, 4.69) is 11.9 Å². The van der Waals surface area contributed by atoms with Crippen LogP contribution in [0.5, 0.6) is 0 Å². The lowest BCUT2D eigenvalue weighted by Gasteiger charge is -2.38. The summed E-state index contributed by atoms with van der Waals surface area (Å²) >= 11 is 0. The summed E-state index contributed by atoms with van der Waals surface area (Å²) in [6, 6.07) is 1.19. The molecule has 0 amide bonds. The van der Waals surface area contributed by atoms with Crippen molar-refractivity contribution in [1.29, 1.82) is 0 Å².